The molecular formula is C15H22N2O2. The molecule has 1 aliphatic carbocycles. The minimum absolute atomic E-state index is 0.143. The molecule has 0 aliphatic heterocycles. The molecule has 19 heavy (non-hydrogen) atoms. The van der Waals surface area contributed by atoms with Crippen molar-refractivity contribution in [1.82, 2.24) is 10.3 Å². The first-order valence-electron chi connectivity index (χ1n) is 6.99. The largest absolute Gasteiger partial charge is 0.381 e. The molecule has 0 aromatic carbocycles. The van der Waals surface area contributed by atoms with Crippen molar-refractivity contribution in [3.8, 4) is 0 Å². The van der Waals surface area contributed by atoms with Gasteiger partial charge in [0.25, 0.3) is 0 Å². The Morgan fingerprint density at radius 2 is 2.21 bits per heavy atom. The minimum Gasteiger partial charge on any atom is -0.381 e. The van der Waals surface area contributed by atoms with Gasteiger partial charge >= 0.3 is 0 Å². The van der Waals surface area contributed by atoms with Gasteiger partial charge < -0.3 is 10.1 Å². The molecule has 1 aromatic heterocycles. The summed E-state index contributed by atoms with van der Waals surface area (Å²) in [4.78, 5) is 15.9. The van der Waals surface area contributed by atoms with Crippen molar-refractivity contribution in [3.05, 3.63) is 30.1 Å². The highest BCUT2D eigenvalue weighted by Crippen LogP contribution is 2.20. The van der Waals surface area contributed by atoms with E-state index < -0.39 is 0 Å². The van der Waals surface area contributed by atoms with Crippen molar-refractivity contribution in [1.29, 1.82) is 0 Å². The highest BCUT2D eigenvalue weighted by atomic mass is 16.5. The average Bonchev–Trinajstić information content (AvgIpc) is 2.47. The molecule has 1 saturated carbocycles. The number of carbonyl (C=O) groups is 1. The average molecular weight is 262 g/mol. The first kappa shape index (κ1) is 14.0. The van der Waals surface area contributed by atoms with Gasteiger partial charge in [-0.1, -0.05) is 6.07 Å². The summed E-state index contributed by atoms with van der Waals surface area (Å²) in [5.74, 6) is 0.143. The number of aryl methyl sites for hydroxylation is 1. The number of methoxy groups -OCH3 is 1. The number of nitrogens with zero attached hydrogens (tertiary/aromatic N) is 1. The first-order chi connectivity index (χ1) is 9.28. The van der Waals surface area contributed by atoms with Crippen LogP contribution in [-0.4, -0.2) is 30.1 Å². The molecular weight excluding hydrogens is 240 g/mol. The molecule has 0 saturated heterocycles. The molecule has 104 valence electrons. The van der Waals surface area contributed by atoms with E-state index in [-0.39, 0.29) is 5.91 Å². The molecule has 1 fully saturated rings. The van der Waals surface area contributed by atoms with Crippen molar-refractivity contribution in [2.45, 2.75) is 50.7 Å². The van der Waals surface area contributed by atoms with E-state index in [1.807, 2.05) is 18.3 Å². The van der Waals surface area contributed by atoms with Gasteiger partial charge in [0.1, 0.15) is 0 Å². The molecule has 1 amide bonds. The van der Waals surface area contributed by atoms with Crippen LogP contribution in [0.15, 0.2) is 24.5 Å². The van der Waals surface area contributed by atoms with E-state index in [0.29, 0.717) is 18.6 Å². The molecule has 0 spiro atoms. The van der Waals surface area contributed by atoms with E-state index >= 15 is 0 Å². The number of amides is 1. The minimum atomic E-state index is 0.143. The number of pyridine rings is 1. The van der Waals surface area contributed by atoms with Gasteiger partial charge in [-0.15, -0.1) is 0 Å². The number of carbonyl (C=O) groups excluding carboxylic acids is 1. The topological polar surface area (TPSA) is 51.2 Å². The SMILES string of the molecule is COC1CCC(NC(=O)CCc2cccnc2)CC1. The van der Waals surface area contributed by atoms with E-state index in [4.69, 9.17) is 4.74 Å². The molecule has 1 aromatic rings. The zero-order chi connectivity index (χ0) is 13.5. The Morgan fingerprint density at radius 1 is 1.42 bits per heavy atom. The molecule has 0 atom stereocenters. The number of hydrogen-bond donors (Lipinski definition) is 1. The lowest BCUT2D eigenvalue weighted by atomic mass is 9.93. The fourth-order valence-corrected chi connectivity index (χ4v) is 2.55. The zero-order valence-electron chi connectivity index (χ0n) is 11.5. The Labute approximate surface area is 114 Å². The highest BCUT2D eigenvalue weighted by Gasteiger charge is 2.21. The zero-order valence-corrected chi connectivity index (χ0v) is 11.5. The maximum Gasteiger partial charge on any atom is 0.220 e. The predicted molar refractivity (Wildman–Crippen MR) is 73.8 cm³/mol. The summed E-state index contributed by atoms with van der Waals surface area (Å²) in [6, 6.07) is 4.23. The van der Waals surface area contributed by atoms with Crippen LogP contribution in [0.4, 0.5) is 0 Å². The van der Waals surface area contributed by atoms with Gasteiger partial charge in [-0.05, 0) is 43.7 Å². The van der Waals surface area contributed by atoms with E-state index in [1.165, 1.54) is 0 Å². The number of aromatic nitrogens is 1. The normalized spacial score (nSPS) is 23.0. The maximum absolute atomic E-state index is 11.9. The smallest absolute Gasteiger partial charge is 0.220 e. The molecule has 0 bridgehead atoms. The van der Waals surface area contributed by atoms with Crippen LogP contribution in [0.3, 0.4) is 0 Å². The lowest BCUT2D eigenvalue weighted by molar-refractivity contribution is -0.122. The van der Waals surface area contributed by atoms with Gasteiger partial charge in [-0.3, -0.25) is 9.78 Å². The van der Waals surface area contributed by atoms with E-state index in [1.54, 1.807) is 13.3 Å². The number of ether oxygens (including phenoxy) is 1. The Hall–Kier alpha value is -1.42. The molecule has 1 aliphatic rings. The Bertz CT molecular complexity index is 386. The lowest BCUT2D eigenvalue weighted by Gasteiger charge is -2.28. The van der Waals surface area contributed by atoms with Crippen LogP contribution in [0, 0.1) is 0 Å². The van der Waals surface area contributed by atoms with Gasteiger partial charge in [0, 0.05) is 32.0 Å². The van der Waals surface area contributed by atoms with Crippen LogP contribution in [0.25, 0.3) is 0 Å². The molecule has 4 heteroatoms. The summed E-state index contributed by atoms with van der Waals surface area (Å²) in [7, 11) is 1.76. The van der Waals surface area contributed by atoms with Gasteiger partial charge in [0.2, 0.25) is 5.91 Å². The van der Waals surface area contributed by atoms with Crippen LogP contribution in [0.1, 0.15) is 37.7 Å². The van der Waals surface area contributed by atoms with Crippen LogP contribution >= 0.6 is 0 Å². The Morgan fingerprint density at radius 3 is 2.84 bits per heavy atom. The summed E-state index contributed by atoms with van der Waals surface area (Å²) in [5.41, 5.74) is 1.11. The van der Waals surface area contributed by atoms with E-state index in [9.17, 15) is 4.79 Å². The highest BCUT2D eigenvalue weighted by molar-refractivity contribution is 5.76. The summed E-state index contributed by atoms with van der Waals surface area (Å²) in [5, 5.41) is 3.12. The van der Waals surface area contributed by atoms with Gasteiger partial charge in [0.05, 0.1) is 6.10 Å². The van der Waals surface area contributed by atoms with E-state index in [2.05, 4.69) is 10.3 Å². The second-order valence-electron chi connectivity index (χ2n) is 5.14. The third kappa shape index (κ3) is 4.63. The summed E-state index contributed by atoms with van der Waals surface area (Å²) < 4.78 is 5.33. The first-order valence-corrected chi connectivity index (χ1v) is 6.99. The van der Waals surface area contributed by atoms with Crippen LogP contribution in [0.5, 0.6) is 0 Å². The van der Waals surface area contributed by atoms with Crippen molar-refractivity contribution in [2.75, 3.05) is 7.11 Å². The molecule has 0 unspecified atom stereocenters. The maximum atomic E-state index is 11.9. The van der Waals surface area contributed by atoms with Crippen LogP contribution < -0.4 is 5.32 Å². The molecule has 4 nitrogen and oxygen atoms in total. The summed E-state index contributed by atoms with van der Waals surface area (Å²) in [6.45, 7) is 0. The number of rotatable bonds is 5. The number of nitrogens with one attached hydrogen (secondary N) is 1. The van der Waals surface area contributed by atoms with Gasteiger partial charge in [-0.2, -0.15) is 0 Å². The third-order valence-electron chi connectivity index (χ3n) is 3.74. The van der Waals surface area contributed by atoms with Crippen molar-refractivity contribution >= 4 is 5.91 Å². The van der Waals surface area contributed by atoms with Gasteiger partial charge in [-0.25, -0.2) is 0 Å². The molecule has 0 radical (unpaired) electrons. The van der Waals surface area contributed by atoms with Crippen LogP contribution in [0.2, 0.25) is 0 Å². The second-order valence-corrected chi connectivity index (χ2v) is 5.14. The molecule has 1 heterocycles. The fourth-order valence-electron chi connectivity index (χ4n) is 2.55. The monoisotopic (exact) mass is 262 g/mol. The molecule has 1 N–H and O–H groups in total. The van der Waals surface area contributed by atoms with E-state index in [0.717, 1.165) is 37.7 Å². The van der Waals surface area contributed by atoms with Crippen molar-refractivity contribution < 1.29 is 9.53 Å². The standard InChI is InChI=1S/C15H22N2O2/c1-19-14-7-5-13(6-8-14)17-15(18)9-4-12-3-2-10-16-11-12/h2-3,10-11,13-14H,4-9H2,1H3,(H,17,18). The Balaban J connectivity index is 1.67. The quantitative estimate of drug-likeness (QED) is 0.884. The summed E-state index contributed by atoms with van der Waals surface area (Å²) >= 11 is 0. The fraction of sp³-hybridized carbons (Fsp3) is 0.600. The predicted octanol–water partition coefficient (Wildman–Crippen LogP) is 2.09. The van der Waals surface area contributed by atoms with Gasteiger partial charge in [0.15, 0.2) is 0 Å². The van der Waals surface area contributed by atoms with Crippen LogP contribution in [-0.2, 0) is 16.0 Å². The molecule has 2 rings (SSSR count). The van der Waals surface area contributed by atoms with Crippen molar-refractivity contribution in [3.63, 3.8) is 0 Å². The summed E-state index contributed by atoms with van der Waals surface area (Å²) in [6.07, 6.45) is 9.38. The second kappa shape index (κ2) is 7.24. The third-order valence-corrected chi connectivity index (χ3v) is 3.74. The number of hydrogen-bond acceptors (Lipinski definition) is 3. The van der Waals surface area contributed by atoms with Crippen molar-refractivity contribution in [2.24, 2.45) is 0 Å². The Kier molecular flexibility index (Phi) is 5.33. The lowest BCUT2D eigenvalue weighted by Crippen LogP contribution is -2.39.